The number of carbonyl (C=O) groups is 1. The van der Waals surface area contributed by atoms with Crippen molar-refractivity contribution in [3.63, 3.8) is 0 Å². The number of esters is 1. The van der Waals surface area contributed by atoms with Crippen LogP contribution < -0.4 is 0 Å². The van der Waals surface area contributed by atoms with Gasteiger partial charge in [0.15, 0.2) is 0 Å². The van der Waals surface area contributed by atoms with Gasteiger partial charge in [-0.25, -0.2) is 0 Å². The van der Waals surface area contributed by atoms with Crippen LogP contribution in [0.25, 0.3) is 0 Å². The molecule has 0 spiro atoms. The molecule has 0 aliphatic heterocycles. The Morgan fingerprint density at radius 1 is 0.760 bits per heavy atom. The first kappa shape index (κ1) is 24.9. The average molecular weight is 419 g/mol. The molecule has 0 aromatic rings. The van der Waals surface area contributed by atoms with Crippen LogP contribution in [0, 0.1) is 5.92 Å². The first-order valence-electron chi connectivity index (χ1n) is 11.0. The molecule has 0 bridgehead atoms. The summed E-state index contributed by atoms with van der Waals surface area (Å²) in [5.41, 5.74) is 0. The van der Waals surface area contributed by atoms with Gasteiger partial charge in [-0.2, -0.15) is 0 Å². The van der Waals surface area contributed by atoms with Gasteiger partial charge in [0, 0.05) is 11.8 Å². The Labute approximate surface area is 166 Å². The van der Waals surface area contributed by atoms with Crippen molar-refractivity contribution >= 4 is 21.9 Å². The highest BCUT2D eigenvalue weighted by Gasteiger charge is 2.10. The van der Waals surface area contributed by atoms with E-state index in [1.165, 1.54) is 77.0 Å². The van der Waals surface area contributed by atoms with E-state index in [0.717, 1.165) is 30.5 Å². The Bertz CT molecular complexity index is 281. The molecule has 3 heteroatoms. The number of carbonyl (C=O) groups excluding carboxylic acids is 1. The average Bonchev–Trinajstić information content (AvgIpc) is 2.61. The molecule has 25 heavy (non-hydrogen) atoms. The van der Waals surface area contributed by atoms with Gasteiger partial charge in [0.2, 0.25) is 0 Å². The molecule has 0 N–H and O–H groups in total. The van der Waals surface area contributed by atoms with E-state index in [-0.39, 0.29) is 5.97 Å². The van der Waals surface area contributed by atoms with Crippen LogP contribution in [0.3, 0.4) is 0 Å². The second-order valence-electron chi connectivity index (χ2n) is 7.43. The van der Waals surface area contributed by atoms with Gasteiger partial charge in [-0.15, -0.1) is 0 Å². The number of hydrogen-bond donors (Lipinski definition) is 0. The van der Waals surface area contributed by atoms with E-state index in [4.69, 9.17) is 4.74 Å². The molecule has 1 unspecified atom stereocenters. The number of ether oxygens (including phenoxy) is 1. The van der Waals surface area contributed by atoms with Crippen LogP contribution in [-0.2, 0) is 9.53 Å². The summed E-state index contributed by atoms with van der Waals surface area (Å²) in [7, 11) is 0. The van der Waals surface area contributed by atoms with Crippen LogP contribution >= 0.6 is 15.9 Å². The molecule has 0 saturated carbocycles. The number of halogens is 1. The fraction of sp³-hybridized carbons (Fsp3) is 0.955. The molecule has 150 valence electrons. The van der Waals surface area contributed by atoms with Gasteiger partial charge < -0.3 is 4.74 Å². The van der Waals surface area contributed by atoms with Gasteiger partial charge in [-0.3, -0.25) is 4.79 Å². The van der Waals surface area contributed by atoms with Crippen molar-refractivity contribution in [2.45, 2.75) is 117 Å². The minimum Gasteiger partial charge on any atom is -0.466 e. The summed E-state index contributed by atoms with van der Waals surface area (Å²) in [6, 6.07) is 0. The fourth-order valence-corrected chi connectivity index (χ4v) is 3.68. The third-order valence-electron chi connectivity index (χ3n) is 4.99. The standard InChI is InChI=1S/C22H43BrO2/c1-3-5-7-8-12-16-21(15-11-6-4-2)18-20-25-22(24)17-13-9-10-14-19-23/h21H,3-20H2,1-2H3. The predicted molar refractivity (Wildman–Crippen MR) is 113 cm³/mol. The first-order valence-corrected chi connectivity index (χ1v) is 12.1. The fourth-order valence-electron chi connectivity index (χ4n) is 3.28. The maximum absolute atomic E-state index is 11.8. The third kappa shape index (κ3) is 18.5. The van der Waals surface area contributed by atoms with Crippen molar-refractivity contribution in [3.05, 3.63) is 0 Å². The van der Waals surface area contributed by atoms with Gasteiger partial charge >= 0.3 is 5.97 Å². The van der Waals surface area contributed by atoms with E-state index in [2.05, 4.69) is 29.8 Å². The van der Waals surface area contributed by atoms with Gasteiger partial charge in [0.25, 0.3) is 0 Å². The van der Waals surface area contributed by atoms with Crippen molar-refractivity contribution in [3.8, 4) is 0 Å². The molecule has 0 aliphatic rings. The summed E-state index contributed by atoms with van der Waals surface area (Å²) < 4.78 is 5.48. The summed E-state index contributed by atoms with van der Waals surface area (Å²) in [5, 5.41) is 1.06. The zero-order valence-electron chi connectivity index (χ0n) is 17.0. The molecule has 2 nitrogen and oxygen atoms in total. The summed E-state index contributed by atoms with van der Waals surface area (Å²) in [6.45, 7) is 5.16. The number of alkyl halides is 1. The Morgan fingerprint density at radius 3 is 2.00 bits per heavy atom. The number of unbranched alkanes of at least 4 members (excludes halogenated alkanes) is 9. The highest BCUT2D eigenvalue weighted by atomic mass is 79.9. The molecule has 0 aromatic heterocycles. The van der Waals surface area contributed by atoms with Crippen molar-refractivity contribution in [1.82, 2.24) is 0 Å². The van der Waals surface area contributed by atoms with Crippen LogP contribution in [0.4, 0.5) is 0 Å². The minimum atomic E-state index is 0.00842. The lowest BCUT2D eigenvalue weighted by Gasteiger charge is -2.17. The summed E-state index contributed by atoms with van der Waals surface area (Å²) in [5.74, 6) is 0.758. The lowest BCUT2D eigenvalue weighted by molar-refractivity contribution is -0.144. The quantitative estimate of drug-likeness (QED) is 0.121. The van der Waals surface area contributed by atoms with E-state index >= 15 is 0 Å². The van der Waals surface area contributed by atoms with Crippen molar-refractivity contribution in [1.29, 1.82) is 0 Å². The molecular weight excluding hydrogens is 376 g/mol. The second-order valence-corrected chi connectivity index (χ2v) is 8.22. The SMILES string of the molecule is CCCCCCCC(CCCCC)CCOC(=O)CCCCCCBr. The van der Waals surface area contributed by atoms with Gasteiger partial charge in [0.1, 0.15) is 0 Å². The van der Waals surface area contributed by atoms with Crippen LogP contribution in [0.5, 0.6) is 0 Å². The van der Waals surface area contributed by atoms with E-state index < -0.39 is 0 Å². The minimum absolute atomic E-state index is 0.00842. The largest absolute Gasteiger partial charge is 0.466 e. The Morgan fingerprint density at radius 2 is 1.32 bits per heavy atom. The van der Waals surface area contributed by atoms with Crippen LogP contribution in [0.15, 0.2) is 0 Å². The van der Waals surface area contributed by atoms with Crippen LogP contribution in [0.1, 0.15) is 117 Å². The molecule has 0 amide bonds. The molecule has 0 rings (SSSR count). The zero-order valence-corrected chi connectivity index (χ0v) is 18.6. The van der Waals surface area contributed by atoms with Crippen LogP contribution in [-0.4, -0.2) is 17.9 Å². The van der Waals surface area contributed by atoms with E-state index in [1.54, 1.807) is 0 Å². The van der Waals surface area contributed by atoms with Crippen molar-refractivity contribution in [2.24, 2.45) is 5.92 Å². The van der Waals surface area contributed by atoms with E-state index in [0.29, 0.717) is 13.0 Å². The topological polar surface area (TPSA) is 26.3 Å². The maximum atomic E-state index is 11.8. The summed E-state index contributed by atoms with van der Waals surface area (Å²) in [4.78, 5) is 11.8. The van der Waals surface area contributed by atoms with Gasteiger partial charge in [0.05, 0.1) is 6.61 Å². The Balaban J connectivity index is 3.80. The van der Waals surface area contributed by atoms with Crippen molar-refractivity contribution in [2.75, 3.05) is 11.9 Å². The molecule has 0 saturated heterocycles. The van der Waals surface area contributed by atoms with Gasteiger partial charge in [-0.05, 0) is 25.2 Å². The number of rotatable bonds is 19. The molecule has 1 atom stereocenters. The highest BCUT2D eigenvalue weighted by molar-refractivity contribution is 9.09. The normalized spacial score (nSPS) is 12.3. The smallest absolute Gasteiger partial charge is 0.305 e. The first-order chi connectivity index (χ1) is 12.2. The summed E-state index contributed by atoms with van der Waals surface area (Å²) >= 11 is 3.44. The van der Waals surface area contributed by atoms with Gasteiger partial charge in [-0.1, -0.05) is 107 Å². The highest BCUT2D eigenvalue weighted by Crippen LogP contribution is 2.21. The lowest BCUT2D eigenvalue weighted by Crippen LogP contribution is -2.10. The maximum Gasteiger partial charge on any atom is 0.305 e. The Hall–Kier alpha value is -0.0500. The zero-order chi connectivity index (χ0) is 18.6. The van der Waals surface area contributed by atoms with Crippen molar-refractivity contribution < 1.29 is 9.53 Å². The van der Waals surface area contributed by atoms with E-state index in [1.807, 2.05) is 0 Å². The Kier molecular flexibility index (Phi) is 20.2. The third-order valence-corrected chi connectivity index (χ3v) is 5.55. The lowest BCUT2D eigenvalue weighted by atomic mass is 9.92. The predicted octanol–water partition coefficient (Wildman–Crippen LogP) is 7.82. The molecule has 0 fully saturated rings. The molecule has 0 aliphatic carbocycles. The second kappa shape index (κ2) is 20.3. The molecule has 0 radical (unpaired) electrons. The molecular formula is C22H43BrO2. The van der Waals surface area contributed by atoms with Crippen LogP contribution in [0.2, 0.25) is 0 Å². The molecule has 0 aromatic carbocycles. The number of hydrogen-bond acceptors (Lipinski definition) is 2. The molecule has 0 heterocycles. The summed E-state index contributed by atoms with van der Waals surface area (Å²) in [6.07, 6.45) is 19.5. The monoisotopic (exact) mass is 418 g/mol. The van der Waals surface area contributed by atoms with E-state index in [9.17, 15) is 4.79 Å².